The summed E-state index contributed by atoms with van der Waals surface area (Å²) in [5.74, 6) is -1.36. The van der Waals surface area contributed by atoms with Crippen LogP contribution < -0.4 is 5.32 Å². The van der Waals surface area contributed by atoms with Crippen molar-refractivity contribution < 1.29 is 19.4 Å². The molecular formula is C10H18N2O4. The van der Waals surface area contributed by atoms with E-state index < -0.39 is 11.9 Å². The number of aliphatic carboxylic acids is 1. The first kappa shape index (κ1) is 12.9. The van der Waals surface area contributed by atoms with Crippen LogP contribution in [-0.2, 0) is 14.3 Å². The van der Waals surface area contributed by atoms with Gasteiger partial charge < -0.3 is 20.1 Å². The molecule has 1 rings (SSSR count). The van der Waals surface area contributed by atoms with Crippen molar-refractivity contribution in [2.75, 3.05) is 33.8 Å². The number of nitrogens with one attached hydrogen (secondary N) is 1. The van der Waals surface area contributed by atoms with E-state index in [9.17, 15) is 9.59 Å². The van der Waals surface area contributed by atoms with Crippen molar-refractivity contribution >= 4 is 11.9 Å². The summed E-state index contributed by atoms with van der Waals surface area (Å²) in [5, 5.41) is 11.8. The third kappa shape index (κ3) is 3.79. The van der Waals surface area contributed by atoms with Crippen molar-refractivity contribution in [3.05, 3.63) is 0 Å². The molecule has 1 saturated heterocycles. The zero-order chi connectivity index (χ0) is 12.1. The SMILES string of the molecule is CN(C)C(=O)COC1CNCC(C(=O)O)C1. The Morgan fingerprint density at radius 1 is 1.44 bits per heavy atom. The van der Waals surface area contributed by atoms with Crippen LogP contribution in [0.15, 0.2) is 0 Å². The van der Waals surface area contributed by atoms with Crippen LogP contribution in [-0.4, -0.2) is 61.8 Å². The van der Waals surface area contributed by atoms with Gasteiger partial charge in [0.15, 0.2) is 0 Å². The van der Waals surface area contributed by atoms with Gasteiger partial charge in [-0.15, -0.1) is 0 Å². The van der Waals surface area contributed by atoms with Crippen LogP contribution in [0.2, 0.25) is 0 Å². The van der Waals surface area contributed by atoms with Crippen LogP contribution in [0.1, 0.15) is 6.42 Å². The van der Waals surface area contributed by atoms with E-state index in [1.54, 1.807) is 14.1 Å². The number of likely N-dealkylation sites (N-methyl/N-ethyl adjacent to an activating group) is 1. The fourth-order valence-corrected chi connectivity index (χ4v) is 1.54. The Bertz CT molecular complexity index is 268. The van der Waals surface area contributed by atoms with E-state index >= 15 is 0 Å². The molecule has 0 aliphatic carbocycles. The molecule has 0 aromatic carbocycles. The lowest BCUT2D eigenvalue weighted by Crippen LogP contribution is -2.44. The van der Waals surface area contributed by atoms with Gasteiger partial charge in [0.2, 0.25) is 5.91 Å². The molecule has 16 heavy (non-hydrogen) atoms. The van der Waals surface area contributed by atoms with E-state index in [0.29, 0.717) is 19.5 Å². The summed E-state index contributed by atoms with van der Waals surface area (Å²) in [4.78, 5) is 23.5. The Labute approximate surface area is 94.6 Å². The number of carboxylic acid groups (broad SMARTS) is 1. The molecule has 2 unspecified atom stereocenters. The number of piperidine rings is 1. The monoisotopic (exact) mass is 230 g/mol. The number of rotatable bonds is 4. The smallest absolute Gasteiger partial charge is 0.307 e. The molecule has 6 heteroatoms. The average Bonchev–Trinajstić information content (AvgIpc) is 2.26. The van der Waals surface area contributed by atoms with Crippen molar-refractivity contribution in [1.29, 1.82) is 0 Å². The second-order valence-corrected chi connectivity index (χ2v) is 4.15. The lowest BCUT2D eigenvalue weighted by Gasteiger charge is -2.27. The Balaban J connectivity index is 2.32. The predicted octanol–water partition coefficient (Wildman–Crippen LogP) is -0.846. The number of amides is 1. The van der Waals surface area contributed by atoms with Gasteiger partial charge in [0.1, 0.15) is 6.61 Å². The number of carbonyl (C=O) groups is 2. The number of carboxylic acids is 1. The van der Waals surface area contributed by atoms with Crippen molar-refractivity contribution in [2.45, 2.75) is 12.5 Å². The average molecular weight is 230 g/mol. The normalized spacial score (nSPS) is 25.1. The molecule has 0 radical (unpaired) electrons. The minimum absolute atomic E-state index is 0.00564. The van der Waals surface area contributed by atoms with Crippen molar-refractivity contribution in [1.82, 2.24) is 10.2 Å². The number of hydrogen-bond donors (Lipinski definition) is 2. The molecule has 1 fully saturated rings. The summed E-state index contributed by atoms with van der Waals surface area (Å²) < 4.78 is 5.37. The van der Waals surface area contributed by atoms with Crippen LogP contribution >= 0.6 is 0 Å². The van der Waals surface area contributed by atoms with Crippen LogP contribution in [0.3, 0.4) is 0 Å². The van der Waals surface area contributed by atoms with E-state index in [1.165, 1.54) is 4.90 Å². The summed E-state index contributed by atoms with van der Waals surface area (Å²) in [5.41, 5.74) is 0. The van der Waals surface area contributed by atoms with E-state index in [-0.39, 0.29) is 18.6 Å². The molecule has 6 nitrogen and oxygen atoms in total. The second-order valence-electron chi connectivity index (χ2n) is 4.15. The number of hydrogen-bond acceptors (Lipinski definition) is 4. The highest BCUT2D eigenvalue weighted by Crippen LogP contribution is 2.13. The molecule has 0 bridgehead atoms. The van der Waals surface area contributed by atoms with Gasteiger partial charge >= 0.3 is 5.97 Å². The van der Waals surface area contributed by atoms with E-state index in [1.807, 2.05) is 0 Å². The molecule has 1 heterocycles. The summed E-state index contributed by atoms with van der Waals surface area (Å²) in [7, 11) is 3.32. The summed E-state index contributed by atoms with van der Waals surface area (Å²) in [6, 6.07) is 0. The van der Waals surface area contributed by atoms with Crippen LogP contribution in [0.25, 0.3) is 0 Å². The van der Waals surface area contributed by atoms with Gasteiger partial charge in [-0.3, -0.25) is 9.59 Å². The molecule has 1 aliphatic rings. The quantitative estimate of drug-likeness (QED) is 0.658. The molecule has 0 aromatic rings. The van der Waals surface area contributed by atoms with Crippen molar-refractivity contribution in [2.24, 2.45) is 5.92 Å². The van der Waals surface area contributed by atoms with Gasteiger partial charge in [-0.25, -0.2) is 0 Å². The minimum atomic E-state index is -0.820. The molecular weight excluding hydrogens is 212 g/mol. The number of ether oxygens (including phenoxy) is 1. The van der Waals surface area contributed by atoms with E-state index in [0.717, 1.165) is 0 Å². The van der Waals surface area contributed by atoms with Crippen LogP contribution in [0.5, 0.6) is 0 Å². The van der Waals surface area contributed by atoms with Gasteiger partial charge in [0.25, 0.3) is 0 Å². The highest BCUT2D eigenvalue weighted by atomic mass is 16.5. The van der Waals surface area contributed by atoms with Crippen molar-refractivity contribution in [3.63, 3.8) is 0 Å². The number of nitrogens with zero attached hydrogens (tertiary/aromatic N) is 1. The largest absolute Gasteiger partial charge is 0.481 e. The minimum Gasteiger partial charge on any atom is -0.481 e. The highest BCUT2D eigenvalue weighted by Gasteiger charge is 2.27. The van der Waals surface area contributed by atoms with Crippen LogP contribution in [0.4, 0.5) is 0 Å². The molecule has 1 aliphatic heterocycles. The topological polar surface area (TPSA) is 78.9 Å². The van der Waals surface area contributed by atoms with Gasteiger partial charge in [0.05, 0.1) is 12.0 Å². The van der Waals surface area contributed by atoms with Gasteiger partial charge in [-0.05, 0) is 6.42 Å². The molecule has 0 aromatic heterocycles. The maximum atomic E-state index is 11.3. The molecule has 2 atom stereocenters. The van der Waals surface area contributed by atoms with E-state index in [2.05, 4.69) is 5.32 Å². The lowest BCUT2D eigenvalue weighted by molar-refractivity contribution is -0.145. The molecule has 1 amide bonds. The maximum absolute atomic E-state index is 11.3. The Kier molecular flexibility index (Phi) is 4.70. The Morgan fingerprint density at radius 2 is 2.12 bits per heavy atom. The van der Waals surface area contributed by atoms with Gasteiger partial charge in [-0.1, -0.05) is 0 Å². The molecule has 0 spiro atoms. The summed E-state index contributed by atoms with van der Waals surface area (Å²) >= 11 is 0. The van der Waals surface area contributed by atoms with Crippen molar-refractivity contribution in [3.8, 4) is 0 Å². The Morgan fingerprint density at radius 3 is 2.69 bits per heavy atom. The fourth-order valence-electron chi connectivity index (χ4n) is 1.54. The first-order valence-corrected chi connectivity index (χ1v) is 5.26. The summed E-state index contributed by atoms with van der Waals surface area (Å²) in [6.45, 7) is 1.08. The first-order valence-electron chi connectivity index (χ1n) is 5.26. The lowest BCUT2D eigenvalue weighted by atomic mass is 9.98. The third-order valence-electron chi connectivity index (χ3n) is 2.60. The molecule has 92 valence electrons. The predicted molar refractivity (Wildman–Crippen MR) is 57.0 cm³/mol. The van der Waals surface area contributed by atoms with Gasteiger partial charge in [0, 0.05) is 27.2 Å². The number of carbonyl (C=O) groups excluding carboxylic acids is 1. The maximum Gasteiger partial charge on any atom is 0.307 e. The fraction of sp³-hybridized carbons (Fsp3) is 0.800. The van der Waals surface area contributed by atoms with Gasteiger partial charge in [-0.2, -0.15) is 0 Å². The third-order valence-corrected chi connectivity index (χ3v) is 2.60. The van der Waals surface area contributed by atoms with Crippen LogP contribution in [0, 0.1) is 5.92 Å². The zero-order valence-electron chi connectivity index (χ0n) is 9.60. The summed E-state index contributed by atoms with van der Waals surface area (Å²) in [6.07, 6.45) is 0.266. The first-order chi connectivity index (χ1) is 7.50. The Hall–Kier alpha value is -1.14. The molecule has 0 saturated carbocycles. The molecule has 2 N–H and O–H groups in total. The highest BCUT2D eigenvalue weighted by molar-refractivity contribution is 5.76. The second kappa shape index (κ2) is 5.81. The van der Waals surface area contributed by atoms with E-state index in [4.69, 9.17) is 9.84 Å². The standard InChI is InChI=1S/C10H18N2O4/c1-12(2)9(13)6-16-8-3-7(10(14)15)4-11-5-8/h7-8,11H,3-6H2,1-2H3,(H,14,15). The zero-order valence-corrected chi connectivity index (χ0v) is 9.60.